The fourth-order valence-corrected chi connectivity index (χ4v) is 3.73. The largest absolute Gasteiger partial charge is 0.322 e. The van der Waals surface area contributed by atoms with Crippen LogP contribution in [-0.2, 0) is 5.54 Å². The van der Waals surface area contributed by atoms with E-state index in [9.17, 15) is 4.79 Å². The topological polar surface area (TPSA) is 43.1 Å². The molecule has 2 N–H and O–H groups in total. The molecular formula is C25H44ClNO. The van der Waals surface area contributed by atoms with E-state index in [4.69, 9.17) is 5.73 Å². The van der Waals surface area contributed by atoms with E-state index in [0.717, 1.165) is 24.0 Å². The molecule has 0 heterocycles. The number of hydrogen-bond donors (Lipinski definition) is 1. The SMILES string of the molecule is CCCCCCCCCCCCCCCC(=O)c1ccccc1C(C)(C)N.Cl. The summed E-state index contributed by atoms with van der Waals surface area (Å²) in [5, 5.41) is 0. The fourth-order valence-electron chi connectivity index (χ4n) is 3.73. The van der Waals surface area contributed by atoms with Gasteiger partial charge in [0.25, 0.3) is 0 Å². The maximum atomic E-state index is 12.6. The summed E-state index contributed by atoms with van der Waals surface area (Å²) in [4.78, 5) is 12.6. The van der Waals surface area contributed by atoms with Crippen molar-refractivity contribution in [2.24, 2.45) is 5.73 Å². The Morgan fingerprint density at radius 1 is 0.786 bits per heavy atom. The molecule has 1 aromatic rings. The molecule has 0 aromatic heterocycles. The van der Waals surface area contributed by atoms with Gasteiger partial charge in [-0.1, -0.05) is 108 Å². The van der Waals surface area contributed by atoms with Crippen molar-refractivity contribution < 1.29 is 4.79 Å². The van der Waals surface area contributed by atoms with Crippen LogP contribution in [0.2, 0.25) is 0 Å². The quantitative estimate of drug-likeness (QED) is 0.222. The van der Waals surface area contributed by atoms with E-state index in [1.807, 2.05) is 38.1 Å². The second-order valence-electron chi connectivity index (χ2n) is 8.68. The zero-order valence-corrected chi connectivity index (χ0v) is 19.4. The van der Waals surface area contributed by atoms with Crippen LogP contribution in [0.25, 0.3) is 0 Å². The van der Waals surface area contributed by atoms with E-state index in [-0.39, 0.29) is 18.2 Å². The van der Waals surface area contributed by atoms with E-state index in [1.165, 1.54) is 70.6 Å². The number of rotatable bonds is 16. The average Bonchev–Trinajstić information content (AvgIpc) is 2.64. The Labute approximate surface area is 180 Å². The summed E-state index contributed by atoms with van der Waals surface area (Å²) < 4.78 is 0. The lowest BCUT2D eigenvalue weighted by Gasteiger charge is -2.22. The first-order valence-corrected chi connectivity index (χ1v) is 11.4. The van der Waals surface area contributed by atoms with Crippen LogP contribution in [0.15, 0.2) is 24.3 Å². The molecule has 0 amide bonds. The van der Waals surface area contributed by atoms with Crippen molar-refractivity contribution >= 4 is 18.2 Å². The molecule has 0 saturated carbocycles. The molecule has 3 heteroatoms. The number of benzene rings is 1. The molecule has 0 aliphatic carbocycles. The lowest BCUT2D eigenvalue weighted by molar-refractivity contribution is 0.0976. The third kappa shape index (κ3) is 11.9. The third-order valence-corrected chi connectivity index (χ3v) is 5.43. The van der Waals surface area contributed by atoms with Crippen LogP contribution in [-0.4, -0.2) is 5.78 Å². The van der Waals surface area contributed by atoms with Gasteiger partial charge in [0.15, 0.2) is 5.78 Å². The van der Waals surface area contributed by atoms with Gasteiger partial charge in [-0.25, -0.2) is 0 Å². The van der Waals surface area contributed by atoms with Gasteiger partial charge in [-0.2, -0.15) is 0 Å². The smallest absolute Gasteiger partial charge is 0.163 e. The van der Waals surface area contributed by atoms with Crippen molar-refractivity contribution in [2.45, 2.75) is 116 Å². The molecule has 0 aliphatic rings. The lowest BCUT2D eigenvalue weighted by atomic mass is 9.88. The number of halogens is 1. The Hall–Kier alpha value is -0.860. The van der Waals surface area contributed by atoms with Gasteiger partial charge < -0.3 is 5.73 Å². The van der Waals surface area contributed by atoms with Gasteiger partial charge in [-0.05, 0) is 25.8 Å². The van der Waals surface area contributed by atoms with E-state index >= 15 is 0 Å². The summed E-state index contributed by atoms with van der Waals surface area (Å²) in [5.74, 6) is 0.243. The van der Waals surface area contributed by atoms with Crippen molar-refractivity contribution in [2.75, 3.05) is 0 Å². The molecule has 0 bridgehead atoms. The van der Waals surface area contributed by atoms with E-state index in [2.05, 4.69) is 6.92 Å². The molecule has 0 spiro atoms. The van der Waals surface area contributed by atoms with Crippen molar-refractivity contribution in [1.29, 1.82) is 0 Å². The number of carbonyl (C=O) groups excluding carboxylic acids is 1. The molecule has 0 aliphatic heterocycles. The Morgan fingerprint density at radius 2 is 1.21 bits per heavy atom. The second-order valence-corrected chi connectivity index (χ2v) is 8.68. The fraction of sp³-hybridized carbons (Fsp3) is 0.720. The normalized spacial score (nSPS) is 11.3. The number of carbonyl (C=O) groups is 1. The van der Waals surface area contributed by atoms with Gasteiger partial charge in [0.1, 0.15) is 0 Å². The minimum absolute atomic E-state index is 0. The highest BCUT2D eigenvalue weighted by atomic mass is 35.5. The molecule has 0 unspecified atom stereocenters. The van der Waals surface area contributed by atoms with Crippen molar-refractivity contribution in [3.8, 4) is 0 Å². The molecule has 0 fully saturated rings. The molecule has 1 rings (SSSR count). The minimum atomic E-state index is -0.470. The Bertz CT molecular complexity index is 522. The molecular weight excluding hydrogens is 366 g/mol. The van der Waals surface area contributed by atoms with Gasteiger partial charge >= 0.3 is 0 Å². The highest BCUT2D eigenvalue weighted by molar-refractivity contribution is 5.97. The first-order valence-electron chi connectivity index (χ1n) is 11.4. The van der Waals surface area contributed by atoms with E-state index in [0.29, 0.717) is 6.42 Å². The summed E-state index contributed by atoms with van der Waals surface area (Å²) >= 11 is 0. The Morgan fingerprint density at radius 3 is 1.68 bits per heavy atom. The summed E-state index contributed by atoms with van der Waals surface area (Å²) in [6.45, 7) is 6.20. The Balaban J connectivity index is 0.00000729. The van der Waals surface area contributed by atoms with Crippen LogP contribution in [0.5, 0.6) is 0 Å². The van der Waals surface area contributed by atoms with Crippen LogP contribution < -0.4 is 5.73 Å². The first-order chi connectivity index (χ1) is 13.0. The molecule has 2 nitrogen and oxygen atoms in total. The predicted molar refractivity (Wildman–Crippen MR) is 126 cm³/mol. The van der Waals surface area contributed by atoms with E-state index in [1.54, 1.807) is 0 Å². The number of unbranched alkanes of at least 4 members (excludes halogenated alkanes) is 12. The number of hydrogen-bond acceptors (Lipinski definition) is 2. The average molecular weight is 410 g/mol. The van der Waals surface area contributed by atoms with Crippen molar-refractivity contribution in [3.63, 3.8) is 0 Å². The summed E-state index contributed by atoms with van der Waals surface area (Å²) in [6, 6.07) is 7.81. The number of nitrogens with two attached hydrogens (primary N) is 1. The van der Waals surface area contributed by atoms with Crippen LogP contribution in [0.4, 0.5) is 0 Å². The van der Waals surface area contributed by atoms with Crippen LogP contribution in [0.1, 0.15) is 127 Å². The van der Waals surface area contributed by atoms with Gasteiger partial charge in [-0.15, -0.1) is 12.4 Å². The monoisotopic (exact) mass is 409 g/mol. The van der Waals surface area contributed by atoms with Gasteiger partial charge in [0.2, 0.25) is 0 Å². The highest BCUT2D eigenvalue weighted by Crippen LogP contribution is 2.23. The Kier molecular flexibility index (Phi) is 15.5. The summed E-state index contributed by atoms with van der Waals surface area (Å²) in [6.07, 6.45) is 17.9. The van der Waals surface area contributed by atoms with Crippen molar-refractivity contribution in [3.05, 3.63) is 35.4 Å². The van der Waals surface area contributed by atoms with Gasteiger partial charge in [0.05, 0.1) is 0 Å². The molecule has 28 heavy (non-hydrogen) atoms. The molecule has 1 aromatic carbocycles. The summed E-state index contributed by atoms with van der Waals surface area (Å²) in [7, 11) is 0. The van der Waals surface area contributed by atoms with Gasteiger partial charge in [-0.3, -0.25) is 4.79 Å². The van der Waals surface area contributed by atoms with Gasteiger partial charge in [0, 0.05) is 17.5 Å². The molecule has 0 atom stereocenters. The lowest BCUT2D eigenvalue weighted by Crippen LogP contribution is -2.30. The van der Waals surface area contributed by atoms with Crippen molar-refractivity contribution in [1.82, 2.24) is 0 Å². The maximum Gasteiger partial charge on any atom is 0.163 e. The number of ketones is 1. The first kappa shape index (κ1) is 27.1. The molecule has 0 radical (unpaired) electrons. The standard InChI is InChI=1S/C25H43NO.ClH/c1-4-5-6-7-8-9-10-11-12-13-14-15-16-21-24(27)22-19-17-18-20-23(22)25(2,3)26;/h17-20H,4-16,21,26H2,1-3H3;1H. The highest BCUT2D eigenvalue weighted by Gasteiger charge is 2.21. The molecule has 162 valence electrons. The maximum absolute atomic E-state index is 12.6. The van der Waals surface area contributed by atoms with Crippen LogP contribution >= 0.6 is 12.4 Å². The number of Topliss-reactive ketones (excluding diaryl/α,β-unsaturated/α-hetero) is 1. The zero-order valence-electron chi connectivity index (χ0n) is 18.6. The third-order valence-electron chi connectivity index (χ3n) is 5.43. The van der Waals surface area contributed by atoms with Crippen LogP contribution in [0.3, 0.4) is 0 Å². The predicted octanol–water partition coefficient (Wildman–Crippen LogP) is 7.97. The molecule has 0 saturated heterocycles. The second kappa shape index (κ2) is 16.0. The van der Waals surface area contributed by atoms with E-state index < -0.39 is 5.54 Å². The zero-order chi connectivity index (χ0) is 20.0. The summed E-state index contributed by atoms with van der Waals surface area (Å²) in [5.41, 5.74) is 7.52. The van der Waals surface area contributed by atoms with Crippen LogP contribution in [0, 0.1) is 0 Å². The minimum Gasteiger partial charge on any atom is -0.322 e.